The van der Waals surface area contributed by atoms with Crippen LogP contribution in [0.3, 0.4) is 0 Å². The van der Waals surface area contributed by atoms with E-state index < -0.39 is 10.0 Å². The van der Waals surface area contributed by atoms with E-state index in [0.717, 1.165) is 11.1 Å². The van der Waals surface area contributed by atoms with Crippen molar-refractivity contribution >= 4 is 26.7 Å². The first-order chi connectivity index (χ1) is 11.0. The number of nitrogens with one attached hydrogen (secondary N) is 1. The maximum Gasteiger partial charge on any atom is 0.263 e. The number of aromatic nitrogens is 2. The molecule has 1 N–H and O–H groups in total. The molecule has 23 heavy (non-hydrogen) atoms. The third kappa shape index (κ3) is 2.85. The summed E-state index contributed by atoms with van der Waals surface area (Å²) < 4.78 is 37.9. The number of hydrogen-bond acceptors (Lipinski definition) is 6. The fourth-order valence-corrected chi connectivity index (χ4v) is 3.25. The van der Waals surface area contributed by atoms with Gasteiger partial charge in [0.25, 0.3) is 10.0 Å². The summed E-state index contributed by atoms with van der Waals surface area (Å²) in [6.45, 7) is 1.95. The van der Waals surface area contributed by atoms with Gasteiger partial charge in [0, 0.05) is 23.8 Å². The lowest BCUT2D eigenvalue weighted by molar-refractivity contribution is 0.413. The van der Waals surface area contributed by atoms with Crippen LogP contribution >= 0.6 is 0 Å². The molecular weight excluding hydrogens is 318 g/mol. The summed E-state index contributed by atoms with van der Waals surface area (Å²) in [6.07, 6.45) is 3.47. The zero-order valence-electron chi connectivity index (χ0n) is 12.6. The zero-order valence-corrected chi connectivity index (χ0v) is 13.4. The molecule has 2 aromatic heterocycles. The summed E-state index contributed by atoms with van der Waals surface area (Å²) in [6, 6.07) is 6.31. The van der Waals surface area contributed by atoms with Crippen molar-refractivity contribution in [2.75, 3.05) is 11.8 Å². The minimum Gasteiger partial charge on any atom is -0.494 e. The molecule has 0 saturated heterocycles. The van der Waals surface area contributed by atoms with E-state index in [4.69, 9.17) is 9.26 Å². The predicted octanol–water partition coefficient (Wildman–Crippen LogP) is 2.59. The highest BCUT2D eigenvalue weighted by atomic mass is 32.2. The van der Waals surface area contributed by atoms with Crippen LogP contribution in [0.15, 0.2) is 46.1 Å². The van der Waals surface area contributed by atoms with E-state index in [1.165, 1.54) is 25.6 Å². The molecule has 0 unspecified atom stereocenters. The van der Waals surface area contributed by atoms with Crippen LogP contribution in [0.2, 0.25) is 0 Å². The summed E-state index contributed by atoms with van der Waals surface area (Å²) in [5, 5.41) is 4.71. The van der Waals surface area contributed by atoms with Crippen molar-refractivity contribution in [1.82, 2.24) is 10.1 Å². The molecule has 0 atom stereocenters. The third-order valence-electron chi connectivity index (χ3n) is 3.39. The molecule has 8 heteroatoms. The number of fused-ring (bicyclic) bond motifs is 1. The monoisotopic (exact) mass is 333 g/mol. The number of nitrogens with zero attached hydrogens (tertiary/aromatic N) is 2. The summed E-state index contributed by atoms with van der Waals surface area (Å²) in [5.41, 5.74) is 1.62. The average Bonchev–Trinajstić information content (AvgIpc) is 2.96. The van der Waals surface area contributed by atoms with Gasteiger partial charge in [0.15, 0.2) is 5.58 Å². The minimum atomic E-state index is -3.76. The Kier molecular flexibility index (Phi) is 3.91. The van der Waals surface area contributed by atoms with E-state index in [9.17, 15) is 8.42 Å². The molecule has 3 rings (SSSR count). The third-order valence-corrected chi connectivity index (χ3v) is 4.74. The molecule has 3 aromatic rings. The van der Waals surface area contributed by atoms with E-state index in [0.29, 0.717) is 23.4 Å². The number of rotatable bonds is 5. The molecule has 120 valence electrons. The van der Waals surface area contributed by atoms with Crippen molar-refractivity contribution in [2.45, 2.75) is 18.2 Å². The highest BCUT2D eigenvalue weighted by Gasteiger charge is 2.19. The highest BCUT2D eigenvalue weighted by Crippen LogP contribution is 2.33. The first kappa shape index (κ1) is 15.3. The molecular formula is C15H15N3O4S. The number of methoxy groups -OCH3 is 1. The van der Waals surface area contributed by atoms with Crippen LogP contribution in [-0.4, -0.2) is 25.7 Å². The SMILES string of the molecule is CCc1noc2cc(OC)c(NS(=O)(=O)c3cccnc3)cc12. The van der Waals surface area contributed by atoms with Crippen LogP contribution < -0.4 is 9.46 Å². The molecule has 0 amide bonds. The fourth-order valence-electron chi connectivity index (χ4n) is 2.23. The van der Waals surface area contributed by atoms with Crippen molar-refractivity contribution in [3.05, 3.63) is 42.4 Å². The molecule has 2 heterocycles. The zero-order chi connectivity index (χ0) is 16.4. The van der Waals surface area contributed by atoms with Crippen LogP contribution in [-0.2, 0) is 16.4 Å². The Bertz CT molecular complexity index is 936. The lowest BCUT2D eigenvalue weighted by Crippen LogP contribution is -2.13. The van der Waals surface area contributed by atoms with Crippen molar-refractivity contribution in [3.8, 4) is 5.75 Å². The largest absolute Gasteiger partial charge is 0.494 e. The number of benzene rings is 1. The van der Waals surface area contributed by atoms with Crippen LogP contribution in [0.25, 0.3) is 11.0 Å². The fraction of sp³-hybridized carbons (Fsp3) is 0.200. The Morgan fingerprint density at radius 3 is 2.83 bits per heavy atom. The maximum absolute atomic E-state index is 12.5. The number of ether oxygens (including phenoxy) is 1. The highest BCUT2D eigenvalue weighted by molar-refractivity contribution is 7.92. The molecule has 0 aliphatic heterocycles. The predicted molar refractivity (Wildman–Crippen MR) is 85.0 cm³/mol. The average molecular weight is 333 g/mol. The van der Waals surface area contributed by atoms with E-state index in [1.807, 2.05) is 6.92 Å². The molecule has 0 radical (unpaired) electrons. The molecule has 1 aromatic carbocycles. The maximum atomic E-state index is 12.5. The van der Waals surface area contributed by atoms with E-state index in [1.54, 1.807) is 18.2 Å². The smallest absolute Gasteiger partial charge is 0.263 e. The van der Waals surface area contributed by atoms with Crippen molar-refractivity contribution < 1.29 is 17.7 Å². The number of sulfonamides is 1. The number of aryl methyl sites for hydroxylation is 1. The van der Waals surface area contributed by atoms with Crippen LogP contribution in [0.5, 0.6) is 5.75 Å². The van der Waals surface area contributed by atoms with Crippen molar-refractivity contribution in [3.63, 3.8) is 0 Å². The minimum absolute atomic E-state index is 0.0724. The second-order valence-electron chi connectivity index (χ2n) is 4.83. The van der Waals surface area contributed by atoms with Gasteiger partial charge in [0.05, 0.1) is 18.5 Å². The van der Waals surface area contributed by atoms with Gasteiger partial charge in [-0.1, -0.05) is 12.1 Å². The van der Waals surface area contributed by atoms with Crippen LogP contribution in [0, 0.1) is 0 Å². The summed E-state index contributed by atoms with van der Waals surface area (Å²) in [5.74, 6) is 0.351. The van der Waals surface area contributed by atoms with Crippen LogP contribution in [0.4, 0.5) is 5.69 Å². The van der Waals surface area contributed by atoms with Gasteiger partial charge in [0.2, 0.25) is 0 Å². The number of hydrogen-bond donors (Lipinski definition) is 1. The second kappa shape index (κ2) is 5.88. The van der Waals surface area contributed by atoms with Gasteiger partial charge in [-0.05, 0) is 24.6 Å². The van der Waals surface area contributed by atoms with E-state index in [-0.39, 0.29) is 4.90 Å². The number of anilines is 1. The van der Waals surface area contributed by atoms with Gasteiger partial charge < -0.3 is 9.26 Å². The van der Waals surface area contributed by atoms with E-state index >= 15 is 0 Å². The molecule has 0 bridgehead atoms. The quantitative estimate of drug-likeness (QED) is 0.771. The van der Waals surface area contributed by atoms with Gasteiger partial charge in [-0.2, -0.15) is 0 Å². The van der Waals surface area contributed by atoms with Gasteiger partial charge in [0.1, 0.15) is 10.6 Å². The molecule has 0 spiro atoms. The summed E-state index contributed by atoms with van der Waals surface area (Å²) >= 11 is 0. The standard InChI is InChI=1S/C15H15N3O4S/c1-3-12-11-7-13(15(21-2)8-14(11)22-17-12)18-23(19,20)10-5-4-6-16-9-10/h4-9,18H,3H2,1-2H3. The number of pyridine rings is 1. The summed E-state index contributed by atoms with van der Waals surface area (Å²) in [4.78, 5) is 3.90. The second-order valence-corrected chi connectivity index (χ2v) is 6.51. The molecule has 0 aliphatic rings. The lowest BCUT2D eigenvalue weighted by Gasteiger charge is -2.11. The Labute approximate surface area is 133 Å². The molecule has 0 fully saturated rings. The first-order valence-electron chi connectivity index (χ1n) is 6.94. The lowest BCUT2D eigenvalue weighted by atomic mass is 10.1. The Balaban J connectivity index is 2.08. The molecule has 0 saturated carbocycles. The van der Waals surface area contributed by atoms with Crippen molar-refractivity contribution in [2.24, 2.45) is 0 Å². The van der Waals surface area contributed by atoms with Gasteiger partial charge in [-0.25, -0.2) is 8.42 Å². The van der Waals surface area contributed by atoms with Crippen molar-refractivity contribution in [1.29, 1.82) is 0 Å². The van der Waals surface area contributed by atoms with Crippen LogP contribution in [0.1, 0.15) is 12.6 Å². The first-order valence-corrected chi connectivity index (χ1v) is 8.42. The Hall–Kier alpha value is -2.61. The topological polar surface area (TPSA) is 94.3 Å². The summed E-state index contributed by atoms with van der Waals surface area (Å²) in [7, 11) is -2.30. The normalized spacial score (nSPS) is 11.6. The Morgan fingerprint density at radius 2 is 2.17 bits per heavy atom. The van der Waals surface area contributed by atoms with E-state index in [2.05, 4.69) is 14.9 Å². The molecule has 0 aliphatic carbocycles. The Morgan fingerprint density at radius 1 is 1.35 bits per heavy atom. The van der Waals surface area contributed by atoms with Gasteiger partial charge >= 0.3 is 0 Å². The molecule has 7 nitrogen and oxygen atoms in total. The van der Waals surface area contributed by atoms with Gasteiger partial charge in [-0.3, -0.25) is 9.71 Å². The van der Waals surface area contributed by atoms with Gasteiger partial charge in [-0.15, -0.1) is 0 Å².